The summed E-state index contributed by atoms with van der Waals surface area (Å²) in [5.74, 6) is 2.56. The van der Waals surface area contributed by atoms with Crippen molar-refractivity contribution in [3.63, 3.8) is 0 Å². The van der Waals surface area contributed by atoms with Gasteiger partial charge in [-0.2, -0.15) is 0 Å². The number of rotatable bonds is 4. The van der Waals surface area contributed by atoms with Gasteiger partial charge in [0.05, 0.1) is 25.5 Å². The fourth-order valence-corrected chi connectivity index (χ4v) is 4.44. The number of aryl methyl sites for hydroxylation is 1. The van der Waals surface area contributed by atoms with Crippen molar-refractivity contribution in [1.82, 2.24) is 19.8 Å². The van der Waals surface area contributed by atoms with Crippen molar-refractivity contribution in [2.45, 2.75) is 38.5 Å². The number of nitrogens with zero attached hydrogens (tertiary/aromatic N) is 5. The molecule has 0 unspecified atom stereocenters. The molecule has 3 aliphatic heterocycles. The summed E-state index contributed by atoms with van der Waals surface area (Å²) < 4.78 is 5.35. The van der Waals surface area contributed by atoms with Crippen LogP contribution in [0.2, 0.25) is 0 Å². The number of hydrogen-bond acceptors (Lipinski definition) is 6. The van der Waals surface area contributed by atoms with Gasteiger partial charge >= 0.3 is 0 Å². The Bertz CT molecular complexity index is 656. The second kappa shape index (κ2) is 8.52. The average molecular weight is 374 g/mol. The van der Waals surface area contributed by atoms with Crippen LogP contribution in [0.25, 0.3) is 0 Å². The van der Waals surface area contributed by atoms with Crippen molar-refractivity contribution < 1.29 is 9.53 Å². The van der Waals surface area contributed by atoms with Gasteiger partial charge in [0.15, 0.2) is 0 Å². The van der Waals surface area contributed by atoms with E-state index in [4.69, 9.17) is 9.72 Å². The number of piperidine rings is 1. The van der Waals surface area contributed by atoms with Gasteiger partial charge in [-0.1, -0.05) is 0 Å². The molecule has 3 aliphatic rings. The summed E-state index contributed by atoms with van der Waals surface area (Å²) in [6.07, 6.45) is 4.75. The minimum absolute atomic E-state index is 0.232. The molecule has 1 aromatic heterocycles. The molecule has 0 saturated carbocycles. The number of hydrogen-bond donors (Lipinski definition) is 0. The molecule has 0 N–H and O–H groups in total. The molecular weight excluding hydrogens is 342 g/mol. The molecule has 148 valence electrons. The van der Waals surface area contributed by atoms with Crippen molar-refractivity contribution in [2.24, 2.45) is 0 Å². The Morgan fingerprint density at radius 2 is 1.89 bits per heavy atom. The second-order valence-electron chi connectivity index (χ2n) is 7.96. The zero-order valence-corrected chi connectivity index (χ0v) is 16.4. The smallest absolute Gasteiger partial charge is 0.236 e. The van der Waals surface area contributed by atoms with Crippen LogP contribution in [0.1, 0.15) is 43.1 Å². The Labute approximate surface area is 161 Å². The van der Waals surface area contributed by atoms with E-state index in [0.717, 1.165) is 69.4 Å². The first-order chi connectivity index (χ1) is 13.2. The van der Waals surface area contributed by atoms with E-state index in [1.165, 1.54) is 12.8 Å². The molecule has 0 aliphatic carbocycles. The fourth-order valence-electron chi connectivity index (χ4n) is 4.44. The summed E-state index contributed by atoms with van der Waals surface area (Å²) in [6.45, 7) is 9.37. The fraction of sp³-hybridized carbons (Fsp3) is 0.750. The van der Waals surface area contributed by atoms with Crippen LogP contribution in [0, 0.1) is 6.92 Å². The number of likely N-dealkylation sites (tertiary alicyclic amines) is 1. The van der Waals surface area contributed by atoms with E-state index in [1.54, 1.807) is 0 Å². The molecule has 0 bridgehead atoms. The molecule has 3 saturated heterocycles. The molecule has 27 heavy (non-hydrogen) atoms. The summed E-state index contributed by atoms with van der Waals surface area (Å²) >= 11 is 0. The number of anilines is 1. The molecule has 1 amide bonds. The summed E-state index contributed by atoms with van der Waals surface area (Å²) in [7, 11) is 0. The number of amides is 1. The molecule has 3 fully saturated rings. The molecule has 0 aromatic carbocycles. The first-order valence-corrected chi connectivity index (χ1v) is 10.4. The highest BCUT2D eigenvalue weighted by Gasteiger charge is 2.27. The van der Waals surface area contributed by atoms with Gasteiger partial charge in [0.2, 0.25) is 5.91 Å². The topological polar surface area (TPSA) is 61.8 Å². The standard InChI is InChI=1S/C20H31N5O2/c1-16-21-18(13-19(22-16)24-7-2-3-8-24)17-5-4-6-23(14-17)15-20(26)25-9-11-27-12-10-25/h13,17H,2-12,14-15H2,1H3/t17-/m0/s1. The van der Waals surface area contributed by atoms with Crippen LogP contribution in [-0.2, 0) is 9.53 Å². The van der Waals surface area contributed by atoms with E-state index >= 15 is 0 Å². The summed E-state index contributed by atoms with van der Waals surface area (Å²) in [4.78, 5) is 28.6. The highest BCUT2D eigenvalue weighted by Crippen LogP contribution is 2.28. The predicted molar refractivity (Wildman–Crippen MR) is 104 cm³/mol. The normalized spacial score (nSPS) is 24.4. The number of ether oxygens (including phenoxy) is 1. The van der Waals surface area contributed by atoms with E-state index < -0.39 is 0 Å². The monoisotopic (exact) mass is 373 g/mol. The summed E-state index contributed by atoms with van der Waals surface area (Å²) in [6, 6.07) is 2.19. The minimum Gasteiger partial charge on any atom is -0.378 e. The Morgan fingerprint density at radius 1 is 1.11 bits per heavy atom. The van der Waals surface area contributed by atoms with E-state index in [-0.39, 0.29) is 5.91 Å². The molecular formula is C20H31N5O2. The Morgan fingerprint density at radius 3 is 2.67 bits per heavy atom. The van der Waals surface area contributed by atoms with E-state index in [0.29, 0.717) is 25.7 Å². The maximum atomic E-state index is 12.6. The zero-order valence-electron chi connectivity index (χ0n) is 16.4. The van der Waals surface area contributed by atoms with Gasteiger partial charge in [0, 0.05) is 44.7 Å². The molecule has 1 atom stereocenters. The molecule has 1 aromatic rings. The molecule has 4 rings (SSSR count). The predicted octanol–water partition coefficient (Wildman–Crippen LogP) is 1.42. The van der Waals surface area contributed by atoms with Crippen LogP contribution in [0.4, 0.5) is 5.82 Å². The molecule has 0 spiro atoms. The lowest BCUT2D eigenvalue weighted by Crippen LogP contribution is -2.47. The van der Waals surface area contributed by atoms with Gasteiger partial charge in [0.1, 0.15) is 11.6 Å². The van der Waals surface area contributed by atoms with E-state index in [9.17, 15) is 4.79 Å². The molecule has 0 radical (unpaired) electrons. The van der Waals surface area contributed by atoms with Crippen molar-refractivity contribution in [3.8, 4) is 0 Å². The van der Waals surface area contributed by atoms with Crippen molar-refractivity contribution in [3.05, 3.63) is 17.6 Å². The highest BCUT2D eigenvalue weighted by atomic mass is 16.5. The lowest BCUT2D eigenvalue weighted by Gasteiger charge is -2.34. The lowest BCUT2D eigenvalue weighted by molar-refractivity contribution is -0.136. The molecule has 4 heterocycles. The maximum Gasteiger partial charge on any atom is 0.236 e. The van der Waals surface area contributed by atoms with Crippen LogP contribution in [-0.4, -0.2) is 84.7 Å². The van der Waals surface area contributed by atoms with Crippen molar-refractivity contribution in [2.75, 3.05) is 63.9 Å². The van der Waals surface area contributed by atoms with Gasteiger partial charge < -0.3 is 14.5 Å². The van der Waals surface area contributed by atoms with Gasteiger partial charge in [0.25, 0.3) is 0 Å². The van der Waals surface area contributed by atoms with E-state index in [2.05, 4.69) is 20.9 Å². The largest absolute Gasteiger partial charge is 0.378 e. The lowest BCUT2D eigenvalue weighted by atomic mass is 9.94. The number of carbonyl (C=O) groups is 1. The van der Waals surface area contributed by atoms with Crippen LogP contribution in [0.3, 0.4) is 0 Å². The van der Waals surface area contributed by atoms with Gasteiger partial charge in [-0.15, -0.1) is 0 Å². The Hall–Kier alpha value is -1.73. The van der Waals surface area contributed by atoms with Crippen molar-refractivity contribution in [1.29, 1.82) is 0 Å². The number of morpholine rings is 1. The maximum absolute atomic E-state index is 12.6. The van der Waals surface area contributed by atoms with Crippen molar-refractivity contribution >= 4 is 11.7 Å². The Kier molecular flexibility index (Phi) is 5.88. The third-order valence-corrected chi connectivity index (χ3v) is 5.92. The SMILES string of the molecule is Cc1nc([C@H]2CCCN(CC(=O)N3CCOCC3)C2)cc(N2CCCC2)n1. The Balaban J connectivity index is 1.41. The zero-order chi connectivity index (χ0) is 18.6. The quantitative estimate of drug-likeness (QED) is 0.796. The molecule has 7 heteroatoms. The van der Waals surface area contributed by atoms with Gasteiger partial charge in [-0.05, 0) is 39.2 Å². The summed E-state index contributed by atoms with van der Waals surface area (Å²) in [5.41, 5.74) is 1.15. The average Bonchev–Trinajstić information content (AvgIpc) is 3.23. The summed E-state index contributed by atoms with van der Waals surface area (Å²) in [5, 5.41) is 0. The van der Waals surface area contributed by atoms with E-state index in [1.807, 2.05) is 11.8 Å². The van der Waals surface area contributed by atoms with Crippen LogP contribution in [0.15, 0.2) is 6.07 Å². The third kappa shape index (κ3) is 4.58. The van der Waals surface area contributed by atoms with Gasteiger partial charge in [-0.3, -0.25) is 9.69 Å². The third-order valence-electron chi connectivity index (χ3n) is 5.92. The van der Waals surface area contributed by atoms with Crippen LogP contribution >= 0.6 is 0 Å². The minimum atomic E-state index is 0.232. The van der Waals surface area contributed by atoms with Crippen LogP contribution in [0.5, 0.6) is 0 Å². The highest BCUT2D eigenvalue weighted by molar-refractivity contribution is 5.78. The second-order valence-corrected chi connectivity index (χ2v) is 7.96. The van der Waals surface area contributed by atoms with Gasteiger partial charge in [-0.25, -0.2) is 9.97 Å². The number of aromatic nitrogens is 2. The number of carbonyl (C=O) groups excluding carboxylic acids is 1. The van der Waals surface area contributed by atoms with Crippen LogP contribution < -0.4 is 4.90 Å². The first-order valence-electron chi connectivity index (χ1n) is 10.4. The molecule has 7 nitrogen and oxygen atoms in total. The first kappa shape index (κ1) is 18.6.